The number of urea groups is 1. The number of nitrogens with one attached hydrogen (secondary N) is 1. The summed E-state index contributed by atoms with van der Waals surface area (Å²) in [5, 5.41) is 12.0. The Hall–Kier alpha value is -0.910. The normalized spacial score (nSPS) is 29.3. The van der Waals surface area contributed by atoms with E-state index in [4.69, 9.17) is 5.11 Å². The molecule has 2 unspecified atom stereocenters. The number of carbonyl (C=O) groups excluding carboxylic acids is 1. The number of likely N-dealkylation sites (tertiary alicyclic amines) is 1. The molecule has 0 bridgehead atoms. The van der Waals surface area contributed by atoms with E-state index in [-0.39, 0.29) is 18.0 Å². The fraction of sp³-hybridized carbons (Fsp3) is 0.833. The predicted molar refractivity (Wildman–Crippen MR) is 70.7 cm³/mol. The minimum Gasteiger partial charge on any atom is -0.481 e. The SMILES string of the molecule is CC1CSCC1NC(=O)N1CCC(C(=O)O)CC1. The van der Waals surface area contributed by atoms with Crippen molar-refractivity contribution in [1.82, 2.24) is 10.2 Å². The molecule has 5 nitrogen and oxygen atoms in total. The molecule has 2 aliphatic heterocycles. The first kappa shape index (κ1) is 13.5. The van der Waals surface area contributed by atoms with Crippen LogP contribution in [0.4, 0.5) is 4.79 Å². The van der Waals surface area contributed by atoms with Crippen LogP contribution in [0.25, 0.3) is 0 Å². The summed E-state index contributed by atoms with van der Waals surface area (Å²) < 4.78 is 0. The number of thioether (sulfide) groups is 1. The summed E-state index contributed by atoms with van der Waals surface area (Å²) in [6.45, 7) is 3.26. The Morgan fingerprint density at radius 1 is 1.28 bits per heavy atom. The molecule has 2 fully saturated rings. The number of carbonyl (C=O) groups is 2. The van der Waals surface area contributed by atoms with Gasteiger partial charge in [0.1, 0.15) is 0 Å². The Labute approximate surface area is 111 Å². The van der Waals surface area contributed by atoms with Crippen LogP contribution in [0.15, 0.2) is 0 Å². The van der Waals surface area contributed by atoms with Crippen molar-refractivity contribution in [3.63, 3.8) is 0 Å². The molecule has 2 rings (SSSR count). The van der Waals surface area contributed by atoms with Crippen molar-refractivity contribution in [2.24, 2.45) is 11.8 Å². The lowest BCUT2D eigenvalue weighted by Crippen LogP contribution is -2.50. The summed E-state index contributed by atoms with van der Waals surface area (Å²) in [6.07, 6.45) is 1.13. The van der Waals surface area contributed by atoms with E-state index in [1.165, 1.54) is 0 Å². The summed E-state index contributed by atoms with van der Waals surface area (Å²) in [5.41, 5.74) is 0. The van der Waals surface area contributed by atoms with Gasteiger partial charge in [0, 0.05) is 24.9 Å². The lowest BCUT2D eigenvalue weighted by Gasteiger charge is -2.31. The van der Waals surface area contributed by atoms with Gasteiger partial charge in [0.25, 0.3) is 0 Å². The average molecular weight is 272 g/mol. The number of carboxylic acids is 1. The summed E-state index contributed by atoms with van der Waals surface area (Å²) in [6, 6.07) is 0.234. The van der Waals surface area contributed by atoms with Gasteiger partial charge in [-0.15, -0.1) is 0 Å². The van der Waals surface area contributed by atoms with Gasteiger partial charge in [-0.3, -0.25) is 4.79 Å². The van der Waals surface area contributed by atoms with Crippen LogP contribution in [0.1, 0.15) is 19.8 Å². The topological polar surface area (TPSA) is 69.6 Å². The smallest absolute Gasteiger partial charge is 0.317 e. The molecule has 2 aliphatic rings. The molecule has 0 spiro atoms. The van der Waals surface area contributed by atoms with Crippen molar-refractivity contribution >= 4 is 23.8 Å². The quantitative estimate of drug-likeness (QED) is 0.793. The molecule has 2 saturated heterocycles. The van der Waals surface area contributed by atoms with Crippen molar-refractivity contribution in [3.05, 3.63) is 0 Å². The third kappa shape index (κ3) is 3.10. The van der Waals surface area contributed by atoms with Crippen LogP contribution >= 0.6 is 11.8 Å². The minimum absolute atomic E-state index is 0.0295. The van der Waals surface area contributed by atoms with Gasteiger partial charge < -0.3 is 15.3 Å². The lowest BCUT2D eigenvalue weighted by molar-refractivity contribution is -0.143. The molecule has 2 amide bonds. The number of hydrogen-bond donors (Lipinski definition) is 2. The Morgan fingerprint density at radius 2 is 1.94 bits per heavy atom. The molecule has 0 aromatic rings. The first-order valence-corrected chi connectivity index (χ1v) is 7.59. The first-order valence-electron chi connectivity index (χ1n) is 6.44. The molecule has 2 atom stereocenters. The monoisotopic (exact) mass is 272 g/mol. The first-order chi connectivity index (χ1) is 8.58. The van der Waals surface area contributed by atoms with Crippen molar-refractivity contribution in [2.45, 2.75) is 25.8 Å². The molecular weight excluding hydrogens is 252 g/mol. The number of hydrogen-bond acceptors (Lipinski definition) is 3. The minimum atomic E-state index is -0.740. The summed E-state index contributed by atoms with van der Waals surface area (Å²) in [7, 11) is 0. The van der Waals surface area contributed by atoms with Gasteiger partial charge in [0.05, 0.1) is 5.92 Å². The van der Waals surface area contributed by atoms with Gasteiger partial charge >= 0.3 is 12.0 Å². The molecule has 6 heteroatoms. The molecule has 0 aromatic carbocycles. The van der Waals surface area contributed by atoms with Crippen LogP contribution < -0.4 is 5.32 Å². The number of carboxylic acid groups (broad SMARTS) is 1. The Balaban J connectivity index is 1.79. The Bertz CT molecular complexity index is 329. The molecule has 102 valence electrons. The third-order valence-electron chi connectivity index (χ3n) is 3.81. The number of rotatable bonds is 2. The van der Waals surface area contributed by atoms with E-state index in [1.54, 1.807) is 4.90 Å². The zero-order valence-electron chi connectivity index (χ0n) is 10.6. The van der Waals surface area contributed by atoms with E-state index >= 15 is 0 Å². The van der Waals surface area contributed by atoms with E-state index in [9.17, 15) is 9.59 Å². The highest BCUT2D eigenvalue weighted by atomic mass is 32.2. The second-order valence-electron chi connectivity index (χ2n) is 5.17. The summed E-state index contributed by atoms with van der Waals surface area (Å²) in [5.74, 6) is 1.59. The zero-order chi connectivity index (χ0) is 13.1. The number of amides is 2. The third-order valence-corrected chi connectivity index (χ3v) is 5.16. The van der Waals surface area contributed by atoms with Crippen molar-refractivity contribution in [3.8, 4) is 0 Å². The van der Waals surface area contributed by atoms with Crippen LogP contribution in [0.2, 0.25) is 0 Å². The molecule has 0 saturated carbocycles. The van der Waals surface area contributed by atoms with Gasteiger partial charge in [-0.05, 0) is 24.5 Å². The fourth-order valence-electron chi connectivity index (χ4n) is 2.42. The van der Waals surface area contributed by atoms with Crippen molar-refractivity contribution < 1.29 is 14.7 Å². The van der Waals surface area contributed by atoms with Crippen LogP contribution in [-0.2, 0) is 4.79 Å². The standard InChI is InChI=1S/C12H20N2O3S/c1-8-6-18-7-10(8)13-12(17)14-4-2-9(3-5-14)11(15)16/h8-10H,2-7H2,1H3,(H,13,17)(H,15,16). The maximum absolute atomic E-state index is 12.0. The summed E-state index contributed by atoms with van der Waals surface area (Å²) in [4.78, 5) is 24.6. The lowest BCUT2D eigenvalue weighted by atomic mass is 9.97. The van der Waals surface area contributed by atoms with E-state index in [1.807, 2.05) is 11.8 Å². The van der Waals surface area contributed by atoms with E-state index in [0.29, 0.717) is 31.8 Å². The maximum Gasteiger partial charge on any atom is 0.317 e. The van der Waals surface area contributed by atoms with Gasteiger partial charge in [-0.2, -0.15) is 11.8 Å². The van der Waals surface area contributed by atoms with Gasteiger partial charge in [0.2, 0.25) is 0 Å². The van der Waals surface area contributed by atoms with Gasteiger partial charge in [-0.1, -0.05) is 6.92 Å². The average Bonchev–Trinajstić information content (AvgIpc) is 2.75. The maximum atomic E-state index is 12.0. The van der Waals surface area contributed by atoms with Crippen molar-refractivity contribution in [1.29, 1.82) is 0 Å². The molecular formula is C12H20N2O3S. The zero-order valence-corrected chi connectivity index (χ0v) is 11.4. The fourth-order valence-corrected chi connectivity index (χ4v) is 3.83. The molecule has 2 heterocycles. The van der Waals surface area contributed by atoms with E-state index in [2.05, 4.69) is 12.2 Å². The molecule has 0 aliphatic carbocycles. The summed E-state index contributed by atoms with van der Waals surface area (Å²) >= 11 is 1.87. The highest BCUT2D eigenvalue weighted by molar-refractivity contribution is 7.99. The second kappa shape index (κ2) is 5.82. The Kier molecular flexibility index (Phi) is 4.37. The van der Waals surface area contributed by atoms with Crippen LogP contribution in [-0.4, -0.2) is 52.6 Å². The molecule has 0 radical (unpaired) electrons. The van der Waals surface area contributed by atoms with Gasteiger partial charge in [0.15, 0.2) is 0 Å². The van der Waals surface area contributed by atoms with Crippen LogP contribution in [0, 0.1) is 11.8 Å². The van der Waals surface area contributed by atoms with Crippen LogP contribution in [0.5, 0.6) is 0 Å². The highest BCUT2D eigenvalue weighted by Crippen LogP contribution is 2.24. The largest absolute Gasteiger partial charge is 0.481 e. The number of aliphatic carboxylic acids is 1. The second-order valence-corrected chi connectivity index (χ2v) is 6.25. The predicted octanol–water partition coefficient (Wildman–Crippen LogP) is 1.24. The van der Waals surface area contributed by atoms with E-state index < -0.39 is 5.97 Å². The number of piperidine rings is 1. The molecule has 18 heavy (non-hydrogen) atoms. The highest BCUT2D eigenvalue weighted by Gasteiger charge is 2.30. The van der Waals surface area contributed by atoms with E-state index in [0.717, 1.165) is 11.5 Å². The number of nitrogens with zero attached hydrogens (tertiary/aromatic N) is 1. The molecule has 2 N–H and O–H groups in total. The van der Waals surface area contributed by atoms with Gasteiger partial charge in [-0.25, -0.2) is 4.79 Å². The van der Waals surface area contributed by atoms with Crippen LogP contribution in [0.3, 0.4) is 0 Å². The molecule has 0 aromatic heterocycles. The van der Waals surface area contributed by atoms with Crippen molar-refractivity contribution in [2.75, 3.05) is 24.6 Å². The Morgan fingerprint density at radius 3 is 2.44 bits per heavy atom.